The Morgan fingerprint density at radius 1 is 0.384 bits per heavy atom. The van der Waals surface area contributed by atoms with Gasteiger partial charge in [-0.3, -0.25) is 0 Å². The second-order valence-corrected chi connectivity index (χ2v) is 21.5. The standard InChI is InChI=1S/C71H62N2/c1-47(2)43-64(48(3)4)55-27-25-54(26-28-55)57-34-42-70-66(45-57)65-44-56(33-41-69(65)73(70)58-17-11-8-12-18-58)53-23-21-50(22-24-53)52-31-37-60(38-32-52)72(59-35-29-51(30-36-59)49-15-9-7-10-16-49)61-39-40-63-62-19-13-14-20-67(62)71(5,6)68(63)46-61/h7-42,44-48,64H,43H2,1-6H3. The molecule has 1 atom stereocenters. The zero-order valence-electron chi connectivity index (χ0n) is 42.9. The van der Waals surface area contributed by atoms with Crippen molar-refractivity contribution in [2.75, 3.05) is 4.90 Å². The van der Waals surface area contributed by atoms with Crippen molar-refractivity contribution in [3.8, 4) is 61.3 Å². The van der Waals surface area contributed by atoms with Crippen molar-refractivity contribution < 1.29 is 0 Å². The number of nitrogens with zero attached hydrogens (tertiary/aromatic N) is 2. The van der Waals surface area contributed by atoms with E-state index in [1.165, 1.54) is 106 Å². The van der Waals surface area contributed by atoms with Crippen molar-refractivity contribution in [2.24, 2.45) is 11.8 Å². The van der Waals surface area contributed by atoms with Crippen molar-refractivity contribution in [3.63, 3.8) is 0 Å². The first-order valence-corrected chi connectivity index (χ1v) is 26.2. The summed E-state index contributed by atoms with van der Waals surface area (Å²) in [7, 11) is 0. The summed E-state index contributed by atoms with van der Waals surface area (Å²) in [5, 5.41) is 2.51. The minimum atomic E-state index is -0.102. The van der Waals surface area contributed by atoms with Gasteiger partial charge in [0.2, 0.25) is 0 Å². The molecule has 1 aromatic heterocycles. The van der Waals surface area contributed by atoms with Gasteiger partial charge in [0, 0.05) is 38.9 Å². The van der Waals surface area contributed by atoms with E-state index in [4.69, 9.17) is 0 Å². The largest absolute Gasteiger partial charge is 0.310 e. The van der Waals surface area contributed by atoms with E-state index < -0.39 is 0 Å². The second kappa shape index (κ2) is 18.8. The molecule has 10 aromatic carbocycles. The van der Waals surface area contributed by atoms with Gasteiger partial charge in [-0.25, -0.2) is 0 Å². The maximum atomic E-state index is 2.41. The molecular formula is C71H62N2. The third-order valence-corrected chi connectivity index (χ3v) is 15.7. The molecule has 0 saturated heterocycles. The quantitative estimate of drug-likeness (QED) is 0.118. The fraction of sp³-hybridized carbons (Fsp3) is 0.155. The van der Waals surface area contributed by atoms with E-state index in [1.807, 2.05) is 0 Å². The lowest BCUT2D eigenvalue weighted by atomic mass is 9.82. The highest BCUT2D eigenvalue weighted by Crippen LogP contribution is 2.51. The predicted molar refractivity (Wildman–Crippen MR) is 312 cm³/mol. The molecule has 2 nitrogen and oxygen atoms in total. The number of rotatable bonds is 12. The molecule has 0 amide bonds. The van der Waals surface area contributed by atoms with Gasteiger partial charge < -0.3 is 9.47 Å². The zero-order chi connectivity index (χ0) is 49.8. The number of para-hydroxylation sites is 1. The Balaban J connectivity index is 0.870. The number of aromatic nitrogens is 1. The summed E-state index contributed by atoms with van der Waals surface area (Å²) in [6.45, 7) is 14.1. The Labute approximate surface area is 431 Å². The monoisotopic (exact) mass is 942 g/mol. The first kappa shape index (κ1) is 45.9. The van der Waals surface area contributed by atoms with Gasteiger partial charge in [-0.1, -0.05) is 205 Å². The third-order valence-electron chi connectivity index (χ3n) is 15.7. The highest BCUT2D eigenvalue weighted by molar-refractivity contribution is 6.11. The predicted octanol–water partition coefficient (Wildman–Crippen LogP) is 20.0. The molecule has 0 radical (unpaired) electrons. The van der Waals surface area contributed by atoms with Crippen molar-refractivity contribution in [1.82, 2.24) is 4.57 Å². The average Bonchev–Trinajstić information content (AvgIpc) is 3.88. The second-order valence-electron chi connectivity index (χ2n) is 21.5. The van der Waals surface area contributed by atoms with E-state index in [0.717, 1.165) is 17.1 Å². The lowest BCUT2D eigenvalue weighted by Crippen LogP contribution is -2.16. The molecule has 0 saturated carbocycles. The Morgan fingerprint density at radius 3 is 1.34 bits per heavy atom. The van der Waals surface area contributed by atoms with E-state index in [2.05, 4.69) is 288 Å². The molecule has 0 N–H and O–H groups in total. The minimum Gasteiger partial charge on any atom is -0.310 e. The van der Waals surface area contributed by atoms with Crippen LogP contribution in [0.4, 0.5) is 17.1 Å². The van der Waals surface area contributed by atoms with Crippen LogP contribution in [0.3, 0.4) is 0 Å². The van der Waals surface area contributed by atoms with Crippen LogP contribution in [-0.2, 0) is 5.41 Å². The van der Waals surface area contributed by atoms with Gasteiger partial charge in [0.15, 0.2) is 0 Å². The molecular weight excluding hydrogens is 881 g/mol. The van der Waals surface area contributed by atoms with Crippen LogP contribution in [0.5, 0.6) is 0 Å². The van der Waals surface area contributed by atoms with Crippen molar-refractivity contribution >= 4 is 38.9 Å². The molecule has 0 spiro atoms. The smallest absolute Gasteiger partial charge is 0.0541 e. The molecule has 1 aliphatic rings. The SMILES string of the molecule is CC(C)CC(c1ccc(-c2ccc3c(c2)c2cc(-c4ccc(-c5ccc(N(c6ccc(-c7ccccc7)cc6)c6ccc7c(c6)C(C)(C)c6ccccc6-7)cc5)cc4)ccc2n3-c2ccccc2)cc1)C(C)C. The first-order valence-electron chi connectivity index (χ1n) is 26.2. The fourth-order valence-corrected chi connectivity index (χ4v) is 11.8. The molecule has 0 bridgehead atoms. The Kier molecular flexibility index (Phi) is 11.8. The number of fused-ring (bicyclic) bond motifs is 6. The normalized spacial score (nSPS) is 13.2. The van der Waals surface area contributed by atoms with Gasteiger partial charge in [-0.15, -0.1) is 0 Å². The van der Waals surface area contributed by atoms with E-state index in [1.54, 1.807) is 0 Å². The summed E-state index contributed by atoms with van der Waals surface area (Å²) in [5.74, 6) is 1.83. The molecule has 0 fully saturated rings. The Hall–Kier alpha value is -8.20. The third kappa shape index (κ3) is 8.45. The van der Waals surface area contributed by atoms with Crippen LogP contribution in [0, 0.1) is 11.8 Å². The van der Waals surface area contributed by atoms with Crippen LogP contribution in [-0.4, -0.2) is 4.57 Å². The van der Waals surface area contributed by atoms with Crippen LogP contribution in [0.2, 0.25) is 0 Å². The van der Waals surface area contributed by atoms with Crippen molar-refractivity contribution in [3.05, 3.63) is 253 Å². The van der Waals surface area contributed by atoms with Crippen LogP contribution >= 0.6 is 0 Å². The molecule has 1 aliphatic carbocycles. The van der Waals surface area contributed by atoms with Crippen molar-refractivity contribution in [2.45, 2.75) is 59.3 Å². The van der Waals surface area contributed by atoms with Crippen molar-refractivity contribution in [1.29, 1.82) is 0 Å². The maximum Gasteiger partial charge on any atom is 0.0541 e. The number of benzene rings is 10. The Bertz CT molecular complexity index is 3750. The fourth-order valence-electron chi connectivity index (χ4n) is 11.8. The molecule has 73 heavy (non-hydrogen) atoms. The van der Waals surface area contributed by atoms with Gasteiger partial charge in [-0.05, 0) is 169 Å². The van der Waals surface area contributed by atoms with E-state index >= 15 is 0 Å². The van der Waals surface area contributed by atoms with E-state index in [0.29, 0.717) is 17.8 Å². The summed E-state index contributed by atoms with van der Waals surface area (Å²) in [6.07, 6.45) is 1.21. The summed E-state index contributed by atoms with van der Waals surface area (Å²) >= 11 is 0. The molecule has 12 rings (SSSR count). The lowest BCUT2D eigenvalue weighted by molar-refractivity contribution is 0.408. The minimum absolute atomic E-state index is 0.102. The molecule has 11 aromatic rings. The number of anilines is 3. The van der Waals surface area contributed by atoms with Crippen LogP contribution in [0.1, 0.15) is 70.6 Å². The highest BCUT2D eigenvalue weighted by Gasteiger charge is 2.36. The molecule has 356 valence electrons. The number of hydrogen-bond donors (Lipinski definition) is 0. The molecule has 1 heterocycles. The zero-order valence-corrected chi connectivity index (χ0v) is 42.9. The van der Waals surface area contributed by atoms with Crippen LogP contribution in [0.15, 0.2) is 237 Å². The van der Waals surface area contributed by atoms with Gasteiger partial charge in [0.1, 0.15) is 0 Å². The van der Waals surface area contributed by atoms with Gasteiger partial charge in [0.05, 0.1) is 11.0 Å². The maximum absolute atomic E-state index is 2.41. The lowest BCUT2D eigenvalue weighted by Gasteiger charge is -2.28. The number of hydrogen-bond acceptors (Lipinski definition) is 1. The highest BCUT2D eigenvalue weighted by atomic mass is 15.1. The van der Waals surface area contributed by atoms with Gasteiger partial charge in [-0.2, -0.15) is 0 Å². The topological polar surface area (TPSA) is 8.17 Å². The van der Waals surface area contributed by atoms with E-state index in [9.17, 15) is 0 Å². The first-order chi connectivity index (χ1) is 35.6. The molecule has 0 aliphatic heterocycles. The average molecular weight is 943 g/mol. The van der Waals surface area contributed by atoms with E-state index in [-0.39, 0.29) is 5.41 Å². The van der Waals surface area contributed by atoms with Gasteiger partial charge in [0.25, 0.3) is 0 Å². The summed E-state index contributed by atoms with van der Waals surface area (Å²) in [5.41, 5.74) is 23.4. The molecule has 1 unspecified atom stereocenters. The summed E-state index contributed by atoms with van der Waals surface area (Å²) < 4.78 is 2.41. The summed E-state index contributed by atoms with van der Waals surface area (Å²) in [6, 6.07) is 87.9. The molecule has 2 heteroatoms. The summed E-state index contributed by atoms with van der Waals surface area (Å²) in [4.78, 5) is 2.40. The van der Waals surface area contributed by atoms with Crippen LogP contribution in [0.25, 0.3) is 83.1 Å². The Morgan fingerprint density at radius 2 is 0.808 bits per heavy atom. The van der Waals surface area contributed by atoms with Gasteiger partial charge >= 0.3 is 0 Å². The van der Waals surface area contributed by atoms with Crippen LogP contribution < -0.4 is 4.90 Å².